The standard InChI is InChI=1S/C18H20N4O2/c23-18(16-5-1-2-9-19-16)13-7-10-22(11-8-13)12-14-4-3-6-15-17(14)21-24-20-15/h1-6,9,13,18,23H,7-8,10-12H2. The van der Waals surface area contributed by atoms with Crippen molar-refractivity contribution in [3.8, 4) is 0 Å². The lowest BCUT2D eigenvalue weighted by Gasteiger charge is -2.34. The van der Waals surface area contributed by atoms with Gasteiger partial charge in [0.15, 0.2) is 0 Å². The maximum Gasteiger partial charge on any atom is 0.139 e. The fourth-order valence-electron chi connectivity index (χ4n) is 3.45. The molecule has 1 fully saturated rings. The first-order valence-corrected chi connectivity index (χ1v) is 8.33. The number of aromatic nitrogens is 3. The minimum absolute atomic E-state index is 0.264. The number of nitrogens with zero attached hydrogens (tertiary/aromatic N) is 4. The zero-order valence-corrected chi connectivity index (χ0v) is 13.4. The van der Waals surface area contributed by atoms with Crippen molar-refractivity contribution in [1.82, 2.24) is 20.2 Å². The second-order valence-electron chi connectivity index (χ2n) is 6.36. The van der Waals surface area contributed by atoms with Crippen LogP contribution >= 0.6 is 0 Å². The van der Waals surface area contributed by atoms with E-state index in [0.717, 1.165) is 54.8 Å². The summed E-state index contributed by atoms with van der Waals surface area (Å²) in [6, 6.07) is 11.7. The molecule has 0 radical (unpaired) electrons. The monoisotopic (exact) mass is 324 g/mol. The number of benzene rings is 1. The number of pyridine rings is 1. The first-order chi connectivity index (χ1) is 11.8. The van der Waals surface area contributed by atoms with Crippen molar-refractivity contribution in [1.29, 1.82) is 0 Å². The number of fused-ring (bicyclic) bond motifs is 1. The van der Waals surface area contributed by atoms with Crippen molar-refractivity contribution in [3.05, 3.63) is 53.9 Å². The first kappa shape index (κ1) is 15.2. The van der Waals surface area contributed by atoms with Crippen molar-refractivity contribution < 1.29 is 9.74 Å². The van der Waals surface area contributed by atoms with E-state index in [0.29, 0.717) is 0 Å². The molecule has 2 aromatic heterocycles. The Bertz CT molecular complexity index is 797. The SMILES string of the molecule is OC(c1ccccn1)C1CCN(Cc2cccc3nonc23)CC1. The summed E-state index contributed by atoms with van der Waals surface area (Å²) in [5.74, 6) is 0.264. The molecule has 3 aromatic rings. The number of piperidine rings is 1. The number of likely N-dealkylation sites (tertiary alicyclic amines) is 1. The van der Waals surface area contributed by atoms with E-state index in [9.17, 15) is 5.11 Å². The molecule has 1 aliphatic rings. The van der Waals surface area contributed by atoms with Gasteiger partial charge in [0.2, 0.25) is 0 Å². The van der Waals surface area contributed by atoms with Crippen LogP contribution in [-0.4, -0.2) is 38.4 Å². The highest BCUT2D eigenvalue weighted by atomic mass is 16.6. The molecule has 0 spiro atoms. The predicted molar refractivity (Wildman–Crippen MR) is 89.0 cm³/mol. The molecule has 1 aromatic carbocycles. The summed E-state index contributed by atoms with van der Waals surface area (Å²) >= 11 is 0. The molecule has 1 saturated heterocycles. The molecule has 0 amide bonds. The third-order valence-electron chi connectivity index (χ3n) is 4.83. The van der Waals surface area contributed by atoms with Crippen molar-refractivity contribution in [2.24, 2.45) is 5.92 Å². The van der Waals surface area contributed by atoms with Gasteiger partial charge in [0.25, 0.3) is 0 Å². The van der Waals surface area contributed by atoms with Gasteiger partial charge < -0.3 is 5.11 Å². The summed E-state index contributed by atoms with van der Waals surface area (Å²) < 4.78 is 4.83. The predicted octanol–water partition coefficient (Wildman–Crippen LogP) is 2.56. The van der Waals surface area contributed by atoms with Crippen LogP contribution in [0.4, 0.5) is 0 Å². The molecule has 6 nitrogen and oxygen atoms in total. The topological polar surface area (TPSA) is 75.3 Å². The van der Waals surface area contributed by atoms with E-state index in [-0.39, 0.29) is 5.92 Å². The summed E-state index contributed by atoms with van der Waals surface area (Å²) in [4.78, 5) is 6.67. The third-order valence-corrected chi connectivity index (χ3v) is 4.83. The smallest absolute Gasteiger partial charge is 0.139 e. The Hall–Kier alpha value is -2.31. The summed E-state index contributed by atoms with van der Waals surface area (Å²) in [6.07, 6.45) is 3.19. The maximum absolute atomic E-state index is 10.5. The van der Waals surface area contributed by atoms with Gasteiger partial charge in [0, 0.05) is 12.7 Å². The quantitative estimate of drug-likeness (QED) is 0.795. The Kier molecular flexibility index (Phi) is 4.23. The van der Waals surface area contributed by atoms with E-state index < -0.39 is 6.10 Å². The lowest BCUT2D eigenvalue weighted by molar-refractivity contribution is 0.0541. The van der Waals surface area contributed by atoms with E-state index in [1.807, 2.05) is 30.3 Å². The fourth-order valence-corrected chi connectivity index (χ4v) is 3.45. The normalized spacial score (nSPS) is 18.0. The first-order valence-electron chi connectivity index (χ1n) is 8.33. The van der Waals surface area contributed by atoms with Gasteiger partial charge in [-0.05, 0) is 65.9 Å². The van der Waals surface area contributed by atoms with Crippen LogP contribution in [-0.2, 0) is 6.54 Å². The fraction of sp³-hybridized carbons (Fsp3) is 0.389. The van der Waals surface area contributed by atoms with E-state index in [4.69, 9.17) is 4.63 Å². The number of rotatable bonds is 4. The Balaban J connectivity index is 1.39. The molecule has 24 heavy (non-hydrogen) atoms. The van der Waals surface area contributed by atoms with Gasteiger partial charge in [-0.15, -0.1) is 0 Å². The summed E-state index contributed by atoms with van der Waals surface area (Å²) in [7, 11) is 0. The average molecular weight is 324 g/mol. The molecular formula is C18H20N4O2. The zero-order valence-electron chi connectivity index (χ0n) is 13.4. The van der Waals surface area contributed by atoms with Crippen LogP contribution in [0.25, 0.3) is 11.0 Å². The number of hydrogen-bond donors (Lipinski definition) is 1. The van der Waals surface area contributed by atoms with Gasteiger partial charge in [0.1, 0.15) is 11.0 Å². The largest absolute Gasteiger partial charge is 0.387 e. The highest BCUT2D eigenvalue weighted by molar-refractivity contribution is 5.76. The Morgan fingerprint density at radius 3 is 2.79 bits per heavy atom. The lowest BCUT2D eigenvalue weighted by atomic mass is 9.89. The molecule has 4 rings (SSSR count). The maximum atomic E-state index is 10.5. The van der Waals surface area contributed by atoms with Crippen LogP contribution in [0.1, 0.15) is 30.2 Å². The van der Waals surface area contributed by atoms with Gasteiger partial charge in [0.05, 0.1) is 11.8 Å². The van der Waals surface area contributed by atoms with Gasteiger partial charge in [-0.1, -0.05) is 18.2 Å². The Morgan fingerprint density at radius 2 is 2.00 bits per heavy atom. The highest BCUT2D eigenvalue weighted by Crippen LogP contribution is 2.30. The minimum atomic E-state index is -0.475. The molecule has 1 aliphatic heterocycles. The summed E-state index contributed by atoms with van der Waals surface area (Å²) in [5.41, 5.74) is 3.55. The molecule has 0 aliphatic carbocycles. The highest BCUT2D eigenvalue weighted by Gasteiger charge is 2.27. The van der Waals surface area contributed by atoms with E-state index >= 15 is 0 Å². The molecule has 1 unspecified atom stereocenters. The molecule has 124 valence electrons. The van der Waals surface area contributed by atoms with Crippen LogP contribution in [0.3, 0.4) is 0 Å². The van der Waals surface area contributed by atoms with Crippen molar-refractivity contribution in [2.75, 3.05) is 13.1 Å². The van der Waals surface area contributed by atoms with Gasteiger partial charge in [-0.3, -0.25) is 9.88 Å². The van der Waals surface area contributed by atoms with E-state index in [2.05, 4.69) is 26.3 Å². The lowest BCUT2D eigenvalue weighted by Crippen LogP contribution is -2.35. The van der Waals surface area contributed by atoms with E-state index in [1.165, 1.54) is 0 Å². The summed E-state index contributed by atoms with van der Waals surface area (Å²) in [6.45, 7) is 2.74. The van der Waals surface area contributed by atoms with Crippen molar-refractivity contribution >= 4 is 11.0 Å². The molecular weight excluding hydrogens is 304 g/mol. The molecule has 3 heterocycles. The van der Waals surface area contributed by atoms with Crippen LogP contribution in [0, 0.1) is 5.92 Å². The summed E-state index contributed by atoms with van der Waals surface area (Å²) in [5, 5.41) is 18.4. The minimum Gasteiger partial charge on any atom is -0.387 e. The number of aliphatic hydroxyl groups excluding tert-OH is 1. The molecule has 1 atom stereocenters. The molecule has 6 heteroatoms. The Morgan fingerprint density at radius 1 is 1.12 bits per heavy atom. The number of hydrogen-bond acceptors (Lipinski definition) is 6. The molecule has 0 bridgehead atoms. The van der Waals surface area contributed by atoms with Crippen molar-refractivity contribution in [3.63, 3.8) is 0 Å². The van der Waals surface area contributed by atoms with E-state index in [1.54, 1.807) is 6.20 Å². The van der Waals surface area contributed by atoms with Crippen LogP contribution in [0.2, 0.25) is 0 Å². The number of aliphatic hydroxyl groups is 1. The second kappa shape index (κ2) is 6.67. The zero-order chi connectivity index (χ0) is 16.4. The molecule has 1 N–H and O–H groups in total. The van der Waals surface area contributed by atoms with Crippen LogP contribution in [0.5, 0.6) is 0 Å². The van der Waals surface area contributed by atoms with Crippen LogP contribution < -0.4 is 0 Å². The third kappa shape index (κ3) is 3.02. The Labute approximate surface area is 140 Å². The van der Waals surface area contributed by atoms with Crippen molar-refractivity contribution in [2.45, 2.75) is 25.5 Å². The van der Waals surface area contributed by atoms with Crippen LogP contribution in [0.15, 0.2) is 47.2 Å². The molecule has 0 saturated carbocycles. The van der Waals surface area contributed by atoms with Gasteiger partial charge in [-0.2, -0.15) is 0 Å². The van der Waals surface area contributed by atoms with Gasteiger partial charge in [-0.25, -0.2) is 4.63 Å². The second-order valence-corrected chi connectivity index (χ2v) is 6.36. The van der Waals surface area contributed by atoms with Gasteiger partial charge >= 0.3 is 0 Å². The average Bonchev–Trinajstić information content (AvgIpc) is 3.12.